The van der Waals surface area contributed by atoms with Crippen LogP contribution in [0.4, 0.5) is 5.69 Å². The fraction of sp³-hybridized carbons (Fsp3) is 0.467. The Bertz CT molecular complexity index is 491. The second kappa shape index (κ2) is 6.79. The van der Waals surface area contributed by atoms with Crippen LogP contribution in [0, 0.1) is 11.3 Å². The summed E-state index contributed by atoms with van der Waals surface area (Å²) in [5, 5.41) is 14.7. The number of hydrogen-bond acceptors (Lipinski definition) is 3. The molecule has 4 nitrogen and oxygen atoms in total. The first kappa shape index (κ1) is 13.4. The zero-order valence-electron chi connectivity index (χ0n) is 11.0. The molecule has 1 amide bonds. The Morgan fingerprint density at radius 2 is 2.32 bits per heavy atom. The van der Waals surface area contributed by atoms with E-state index < -0.39 is 0 Å². The number of carbonyl (C=O) groups excluding carboxylic acids is 1. The lowest BCUT2D eigenvalue weighted by atomic mass is 10.0. The average Bonchev–Trinajstić information content (AvgIpc) is 2.46. The molecule has 0 saturated carbocycles. The van der Waals surface area contributed by atoms with Crippen LogP contribution in [-0.2, 0) is 6.42 Å². The van der Waals surface area contributed by atoms with Gasteiger partial charge in [0.2, 0.25) is 0 Å². The van der Waals surface area contributed by atoms with Crippen molar-refractivity contribution in [2.45, 2.75) is 32.1 Å². The number of nitrogens with zero attached hydrogens (tertiary/aromatic N) is 1. The van der Waals surface area contributed by atoms with E-state index in [1.165, 1.54) is 5.56 Å². The third kappa shape index (κ3) is 3.72. The van der Waals surface area contributed by atoms with Gasteiger partial charge in [-0.2, -0.15) is 5.26 Å². The van der Waals surface area contributed by atoms with Gasteiger partial charge in [0.05, 0.1) is 6.07 Å². The molecule has 0 unspecified atom stereocenters. The predicted molar refractivity (Wildman–Crippen MR) is 75.0 cm³/mol. The van der Waals surface area contributed by atoms with E-state index in [0.717, 1.165) is 43.5 Å². The maximum absolute atomic E-state index is 12.0. The van der Waals surface area contributed by atoms with Gasteiger partial charge in [-0.3, -0.25) is 4.79 Å². The van der Waals surface area contributed by atoms with Crippen LogP contribution in [0.5, 0.6) is 0 Å². The van der Waals surface area contributed by atoms with E-state index in [-0.39, 0.29) is 5.91 Å². The van der Waals surface area contributed by atoms with E-state index in [0.29, 0.717) is 13.0 Å². The lowest BCUT2D eigenvalue weighted by molar-refractivity contribution is 0.0953. The minimum absolute atomic E-state index is 0.0228. The van der Waals surface area contributed by atoms with E-state index in [9.17, 15) is 4.79 Å². The molecule has 1 aliphatic rings. The van der Waals surface area contributed by atoms with Gasteiger partial charge in [0.15, 0.2) is 0 Å². The highest BCUT2D eigenvalue weighted by molar-refractivity contribution is 5.94. The van der Waals surface area contributed by atoms with Gasteiger partial charge in [0.25, 0.3) is 5.91 Å². The number of rotatable bonds is 5. The second-order valence-electron chi connectivity index (χ2n) is 4.77. The van der Waals surface area contributed by atoms with Gasteiger partial charge < -0.3 is 10.6 Å². The molecule has 0 spiro atoms. The summed E-state index contributed by atoms with van der Waals surface area (Å²) in [5.74, 6) is -0.0228. The fourth-order valence-electron chi connectivity index (χ4n) is 2.25. The lowest BCUT2D eigenvalue weighted by Crippen LogP contribution is -2.25. The number of amides is 1. The van der Waals surface area contributed by atoms with Crippen molar-refractivity contribution in [3.63, 3.8) is 0 Å². The first-order valence-corrected chi connectivity index (χ1v) is 6.83. The maximum atomic E-state index is 12.0. The normalized spacial score (nSPS) is 13.0. The molecule has 2 rings (SSSR count). The van der Waals surface area contributed by atoms with E-state index in [4.69, 9.17) is 5.26 Å². The molecule has 0 atom stereocenters. The first-order valence-electron chi connectivity index (χ1n) is 6.83. The standard InChI is InChI=1S/C15H19N3O/c16-8-2-1-3-9-18-15(19)13-6-7-14-12(11-13)5-4-10-17-14/h6-7,11,17H,1-5,9-10H2,(H,18,19). The SMILES string of the molecule is N#CCCCCNC(=O)c1ccc2c(c1)CCCN2. The Labute approximate surface area is 113 Å². The topological polar surface area (TPSA) is 64.9 Å². The van der Waals surface area contributed by atoms with E-state index >= 15 is 0 Å². The van der Waals surface area contributed by atoms with Crippen molar-refractivity contribution in [3.05, 3.63) is 29.3 Å². The van der Waals surface area contributed by atoms with Crippen LogP contribution in [0.15, 0.2) is 18.2 Å². The number of unbranched alkanes of at least 4 members (excludes halogenated alkanes) is 2. The van der Waals surface area contributed by atoms with Crippen molar-refractivity contribution in [1.29, 1.82) is 5.26 Å². The van der Waals surface area contributed by atoms with Gasteiger partial charge in [0, 0.05) is 30.8 Å². The number of nitrogens with one attached hydrogen (secondary N) is 2. The molecular formula is C15H19N3O. The van der Waals surface area contributed by atoms with Crippen molar-refractivity contribution in [3.8, 4) is 6.07 Å². The molecule has 0 fully saturated rings. The smallest absolute Gasteiger partial charge is 0.251 e. The Balaban J connectivity index is 1.87. The molecule has 0 aromatic heterocycles. The van der Waals surface area contributed by atoms with Gasteiger partial charge in [-0.1, -0.05) is 0 Å². The number of hydrogen-bond donors (Lipinski definition) is 2. The van der Waals surface area contributed by atoms with Crippen molar-refractivity contribution in [2.24, 2.45) is 0 Å². The van der Waals surface area contributed by atoms with Gasteiger partial charge in [-0.15, -0.1) is 0 Å². The third-order valence-corrected chi connectivity index (χ3v) is 3.31. The summed E-state index contributed by atoms with van der Waals surface area (Å²) in [7, 11) is 0. The molecule has 1 heterocycles. The highest BCUT2D eigenvalue weighted by atomic mass is 16.1. The number of fused-ring (bicyclic) bond motifs is 1. The zero-order chi connectivity index (χ0) is 13.5. The molecule has 4 heteroatoms. The number of carbonyl (C=O) groups is 1. The van der Waals surface area contributed by atoms with Crippen LogP contribution in [0.1, 0.15) is 41.6 Å². The van der Waals surface area contributed by atoms with Gasteiger partial charge in [0.1, 0.15) is 0 Å². The number of nitriles is 1. The van der Waals surface area contributed by atoms with Crippen LogP contribution in [0.2, 0.25) is 0 Å². The van der Waals surface area contributed by atoms with Crippen molar-refractivity contribution in [1.82, 2.24) is 5.32 Å². The maximum Gasteiger partial charge on any atom is 0.251 e. The number of benzene rings is 1. The molecule has 0 radical (unpaired) electrons. The largest absolute Gasteiger partial charge is 0.385 e. The lowest BCUT2D eigenvalue weighted by Gasteiger charge is -2.18. The van der Waals surface area contributed by atoms with Crippen molar-refractivity contribution < 1.29 is 4.79 Å². The molecule has 1 aromatic rings. The Kier molecular flexibility index (Phi) is 4.79. The van der Waals surface area contributed by atoms with E-state index in [1.54, 1.807) is 0 Å². The molecule has 0 aliphatic carbocycles. The van der Waals surface area contributed by atoms with Crippen molar-refractivity contribution in [2.75, 3.05) is 18.4 Å². The number of aryl methyl sites for hydroxylation is 1. The fourth-order valence-corrected chi connectivity index (χ4v) is 2.25. The van der Waals surface area contributed by atoms with Crippen LogP contribution in [0.3, 0.4) is 0 Å². The average molecular weight is 257 g/mol. The highest BCUT2D eigenvalue weighted by Crippen LogP contribution is 2.22. The number of anilines is 1. The van der Waals surface area contributed by atoms with Crippen molar-refractivity contribution >= 4 is 11.6 Å². The molecule has 0 saturated heterocycles. The Morgan fingerprint density at radius 3 is 3.16 bits per heavy atom. The highest BCUT2D eigenvalue weighted by Gasteiger charge is 2.11. The van der Waals surface area contributed by atoms with Crippen LogP contribution < -0.4 is 10.6 Å². The van der Waals surface area contributed by atoms with Crippen LogP contribution in [-0.4, -0.2) is 19.0 Å². The predicted octanol–water partition coefficient (Wildman–Crippen LogP) is 2.47. The minimum atomic E-state index is -0.0228. The zero-order valence-corrected chi connectivity index (χ0v) is 11.0. The summed E-state index contributed by atoms with van der Waals surface area (Å²) in [5.41, 5.74) is 3.10. The quantitative estimate of drug-likeness (QED) is 0.796. The van der Waals surface area contributed by atoms with Crippen LogP contribution >= 0.6 is 0 Å². The molecule has 19 heavy (non-hydrogen) atoms. The van der Waals surface area contributed by atoms with E-state index in [2.05, 4.69) is 16.7 Å². The monoisotopic (exact) mass is 257 g/mol. The first-order chi connectivity index (χ1) is 9.31. The summed E-state index contributed by atoms with van der Waals surface area (Å²) in [6, 6.07) is 7.93. The molecule has 1 aliphatic heterocycles. The molecule has 2 N–H and O–H groups in total. The van der Waals surface area contributed by atoms with E-state index in [1.807, 2.05) is 18.2 Å². The summed E-state index contributed by atoms with van der Waals surface area (Å²) in [6.07, 6.45) is 4.40. The third-order valence-electron chi connectivity index (χ3n) is 3.31. The summed E-state index contributed by atoms with van der Waals surface area (Å²) in [4.78, 5) is 12.0. The van der Waals surface area contributed by atoms with Gasteiger partial charge in [-0.25, -0.2) is 0 Å². The van der Waals surface area contributed by atoms with Gasteiger partial charge in [-0.05, 0) is 49.4 Å². The molecule has 0 bridgehead atoms. The minimum Gasteiger partial charge on any atom is -0.385 e. The second-order valence-corrected chi connectivity index (χ2v) is 4.77. The Morgan fingerprint density at radius 1 is 1.42 bits per heavy atom. The van der Waals surface area contributed by atoms with Crippen LogP contribution in [0.25, 0.3) is 0 Å². The summed E-state index contributed by atoms with van der Waals surface area (Å²) < 4.78 is 0. The molecule has 1 aromatic carbocycles. The molecule has 100 valence electrons. The van der Waals surface area contributed by atoms with Gasteiger partial charge >= 0.3 is 0 Å². The molecular weight excluding hydrogens is 238 g/mol. The summed E-state index contributed by atoms with van der Waals surface area (Å²) in [6.45, 7) is 1.65. The Hall–Kier alpha value is -2.02. The summed E-state index contributed by atoms with van der Waals surface area (Å²) >= 11 is 0.